The number of aryl methyl sites for hydroxylation is 1. The van der Waals surface area contributed by atoms with Crippen LogP contribution in [0.3, 0.4) is 0 Å². The van der Waals surface area contributed by atoms with Gasteiger partial charge in [0.15, 0.2) is 0 Å². The highest BCUT2D eigenvalue weighted by atomic mass is 16.2. The number of carbonyl (C=O) groups excluding carboxylic acids is 3. The summed E-state index contributed by atoms with van der Waals surface area (Å²) >= 11 is 0. The van der Waals surface area contributed by atoms with E-state index in [0.717, 1.165) is 11.3 Å². The van der Waals surface area contributed by atoms with Crippen LogP contribution in [0.25, 0.3) is 0 Å². The quantitative estimate of drug-likeness (QED) is 0.614. The monoisotopic (exact) mass is 424 g/mol. The molecule has 0 saturated carbocycles. The van der Waals surface area contributed by atoms with Crippen LogP contribution in [0, 0.1) is 0 Å². The van der Waals surface area contributed by atoms with Gasteiger partial charge in [-0.15, -0.1) is 0 Å². The van der Waals surface area contributed by atoms with Crippen molar-refractivity contribution in [3.63, 3.8) is 0 Å². The van der Waals surface area contributed by atoms with Gasteiger partial charge in [0.1, 0.15) is 0 Å². The highest BCUT2D eigenvalue weighted by molar-refractivity contribution is 5.96. The fourth-order valence-corrected chi connectivity index (χ4v) is 3.04. The van der Waals surface area contributed by atoms with Crippen molar-refractivity contribution < 1.29 is 14.4 Å². The normalized spacial score (nSPS) is 10.3. The molecule has 0 aliphatic rings. The summed E-state index contributed by atoms with van der Waals surface area (Å²) < 4.78 is 0. The zero-order valence-corrected chi connectivity index (χ0v) is 18.8. The Morgan fingerprint density at radius 1 is 0.839 bits per heavy atom. The fourth-order valence-electron chi connectivity index (χ4n) is 3.04. The van der Waals surface area contributed by atoms with Crippen LogP contribution in [-0.2, 0) is 16.0 Å². The molecule has 0 radical (unpaired) electrons. The third-order valence-electron chi connectivity index (χ3n) is 5.00. The van der Waals surface area contributed by atoms with Crippen molar-refractivity contribution in [1.82, 2.24) is 9.80 Å². The largest absolute Gasteiger partial charge is 0.376 e. The van der Waals surface area contributed by atoms with E-state index in [0.29, 0.717) is 37.2 Å². The molecule has 2 aromatic rings. The van der Waals surface area contributed by atoms with Gasteiger partial charge in [0, 0.05) is 50.5 Å². The standard InChI is InChI=1S/C24H32N4O3/c1-5-28(6-2)24(31)19-10-14-21(15-11-19)26-22(29)17-25-20-12-7-18(8-13-20)9-16-23(30)27(3)4/h7-8,10-15,25H,5-6,9,16-17H2,1-4H3,(H,26,29). The predicted octanol–water partition coefficient (Wildman–Crippen LogP) is 3.24. The maximum atomic E-state index is 12.3. The van der Waals surface area contributed by atoms with E-state index in [1.807, 2.05) is 38.1 Å². The molecule has 2 aromatic carbocycles. The minimum absolute atomic E-state index is 0.0147. The van der Waals surface area contributed by atoms with E-state index in [2.05, 4.69) is 10.6 Å². The van der Waals surface area contributed by atoms with E-state index < -0.39 is 0 Å². The molecule has 7 heteroatoms. The number of nitrogens with zero attached hydrogens (tertiary/aromatic N) is 2. The first kappa shape index (κ1) is 23.9. The average molecular weight is 425 g/mol. The average Bonchev–Trinajstić information content (AvgIpc) is 2.78. The Bertz CT molecular complexity index is 873. The van der Waals surface area contributed by atoms with Gasteiger partial charge in [-0.05, 0) is 62.2 Å². The Labute approximate surface area is 184 Å². The van der Waals surface area contributed by atoms with Crippen molar-refractivity contribution in [2.75, 3.05) is 44.4 Å². The van der Waals surface area contributed by atoms with Gasteiger partial charge in [-0.1, -0.05) is 12.1 Å². The van der Waals surface area contributed by atoms with Gasteiger partial charge < -0.3 is 20.4 Å². The van der Waals surface area contributed by atoms with E-state index in [1.54, 1.807) is 48.2 Å². The second-order valence-corrected chi connectivity index (χ2v) is 7.44. The number of benzene rings is 2. The molecule has 7 nitrogen and oxygen atoms in total. The van der Waals surface area contributed by atoms with Crippen LogP contribution >= 0.6 is 0 Å². The third-order valence-corrected chi connectivity index (χ3v) is 5.00. The molecule has 0 bridgehead atoms. The summed E-state index contributed by atoms with van der Waals surface area (Å²) in [6, 6.07) is 14.6. The number of hydrogen-bond donors (Lipinski definition) is 2. The molecule has 0 atom stereocenters. The summed E-state index contributed by atoms with van der Waals surface area (Å²) in [6.45, 7) is 5.34. The van der Waals surface area contributed by atoms with Crippen molar-refractivity contribution in [2.45, 2.75) is 26.7 Å². The van der Waals surface area contributed by atoms with Crippen molar-refractivity contribution in [3.8, 4) is 0 Å². The van der Waals surface area contributed by atoms with Crippen LogP contribution in [0.5, 0.6) is 0 Å². The molecule has 0 unspecified atom stereocenters. The molecule has 31 heavy (non-hydrogen) atoms. The summed E-state index contributed by atoms with van der Waals surface area (Å²) in [5, 5.41) is 5.91. The van der Waals surface area contributed by atoms with Crippen LogP contribution in [0.2, 0.25) is 0 Å². The number of rotatable bonds is 10. The molecule has 2 rings (SSSR count). The fraction of sp³-hybridized carbons (Fsp3) is 0.375. The summed E-state index contributed by atoms with van der Waals surface area (Å²) in [4.78, 5) is 39.6. The molecular weight excluding hydrogens is 392 g/mol. The molecule has 166 valence electrons. The van der Waals surface area contributed by atoms with Gasteiger partial charge >= 0.3 is 0 Å². The lowest BCUT2D eigenvalue weighted by Crippen LogP contribution is -2.30. The van der Waals surface area contributed by atoms with Gasteiger partial charge in [-0.2, -0.15) is 0 Å². The highest BCUT2D eigenvalue weighted by Gasteiger charge is 2.12. The number of hydrogen-bond acceptors (Lipinski definition) is 4. The van der Waals surface area contributed by atoms with E-state index in [-0.39, 0.29) is 24.3 Å². The zero-order valence-electron chi connectivity index (χ0n) is 18.8. The Kier molecular flexibility index (Phi) is 9.06. The summed E-state index contributed by atoms with van der Waals surface area (Å²) in [7, 11) is 3.50. The molecule has 0 spiro atoms. The minimum Gasteiger partial charge on any atom is -0.376 e. The zero-order chi connectivity index (χ0) is 22.8. The van der Waals surface area contributed by atoms with Crippen molar-refractivity contribution >= 4 is 29.1 Å². The number of anilines is 2. The summed E-state index contributed by atoms with van der Waals surface area (Å²) in [5.41, 5.74) is 3.15. The van der Waals surface area contributed by atoms with Crippen LogP contribution < -0.4 is 10.6 Å². The van der Waals surface area contributed by atoms with Gasteiger partial charge in [0.05, 0.1) is 6.54 Å². The van der Waals surface area contributed by atoms with E-state index >= 15 is 0 Å². The molecule has 0 saturated heterocycles. The topological polar surface area (TPSA) is 81.8 Å². The van der Waals surface area contributed by atoms with Crippen LogP contribution in [0.4, 0.5) is 11.4 Å². The first-order chi connectivity index (χ1) is 14.8. The lowest BCUT2D eigenvalue weighted by Gasteiger charge is -2.18. The van der Waals surface area contributed by atoms with Gasteiger partial charge in [-0.3, -0.25) is 14.4 Å². The van der Waals surface area contributed by atoms with Crippen LogP contribution in [-0.4, -0.2) is 61.3 Å². The van der Waals surface area contributed by atoms with Crippen LogP contribution in [0.15, 0.2) is 48.5 Å². The Morgan fingerprint density at radius 3 is 1.97 bits per heavy atom. The predicted molar refractivity (Wildman–Crippen MR) is 124 cm³/mol. The van der Waals surface area contributed by atoms with Crippen molar-refractivity contribution in [3.05, 3.63) is 59.7 Å². The second-order valence-electron chi connectivity index (χ2n) is 7.44. The maximum Gasteiger partial charge on any atom is 0.253 e. The molecule has 0 aromatic heterocycles. The summed E-state index contributed by atoms with van der Waals surface area (Å²) in [6.07, 6.45) is 1.16. The van der Waals surface area contributed by atoms with Gasteiger partial charge in [0.2, 0.25) is 11.8 Å². The Morgan fingerprint density at radius 2 is 1.42 bits per heavy atom. The first-order valence-electron chi connectivity index (χ1n) is 10.6. The smallest absolute Gasteiger partial charge is 0.253 e. The lowest BCUT2D eigenvalue weighted by atomic mass is 10.1. The Hall–Kier alpha value is -3.35. The minimum atomic E-state index is -0.177. The molecule has 0 aliphatic carbocycles. The van der Waals surface area contributed by atoms with Crippen molar-refractivity contribution in [1.29, 1.82) is 0 Å². The number of amides is 3. The molecule has 3 amide bonds. The lowest BCUT2D eigenvalue weighted by molar-refractivity contribution is -0.128. The molecule has 0 fully saturated rings. The van der Waals surface area contributed by atoms with Crippen molar-refractivity contribution in [2.24, 2.45) is 0 Å². The first-order valence-corrected chi connectivity index (χ1v) is 10.6. The maximum absolute atomic E-state index is 12.3. The Balaban J connectivity index is 1.81. The van der Waals surface area contributed by atoms with E-state index in [4.69, 9.17) is 0 Å². The molecule has 0 heterocycles. The highest BCUT2D eigenvalue weighted by Crippen LogP contribution is 2.13. The molecule has 0 aliphatic heterocycles. The number of carbonyl (C=O) groups is 3. The molecular formula is C24H32N4O3. The SMILES string of the molecule is CCN(CC)C(=O)c1ccc(NC(=O)CNc2ccc(CCC(=O)N(C)C)cc2)cc1. The van der Waals surface area contributed by atoms with E-state index in [1.165, 1.54) is 0 Å². The number of nitrogens with one attached hydrogen (secondary N) is 2. The van der Waals surface area contributed by atoms with Crippen LogP contribution in [0.1, 0.15) is 36.2 Å². The van der Waals surface area contributed by atoms with Gasteiger partial charge in [-0.25, -0.2) is 0 Å². The second kappa shape index (κ2) is 11.7. The third kappa shape index (κ3) is 7.44. The van der Waals surface area contributed by atoms with Gasteiger partial charge in [0.25, 0.3) is 5.91 Å². The van der Waals surface area contributed by atoms with E-state index in [9.17, 15) is 14.4 Å². The summed E-state index contributed by atoms with van der Waals surface area (Å²) in [5.74, 6) is -0.0909. The molecule has 2 N–H and O–H groups in total.